The average molecular weight is 293 g/mol. The lowest BCUT2D eigenvalue weighted by Gasteiger charge is -2.25. The van der Waals surface area contributed by atoms with E-state index in [0.29, 0.717) is 19.8 Å². The van der Waals surface area contributed by atoms with Crippen LogP contribution < -0.4 is 5.43 Å². The van der Waals surface area contributed by atoms with Crippen LogP contribution >= 0.6 is 11.8 Å². The van der Waals surface area contributed by atoms with Crippen molar-refractivity contribution in [2.24, 2.45) is 5.10 Å². The lowest BCUT2D eigenvalue weighted by molar-refractivity contribution is -0.123. The maximum Gasteiger partial charge on any atom is 0.254 e. The highest BCUT2D eigenvalue weighted by atomic mass is 32.2. The summed E-state index contributed by atoms with van der Waals surface area (Å²) in [6.07, 6.45) is 3.69. The van der Waals surface area contributed by atoms with Crippen molar-refractivity contribution >= 4 is 23.9 Å². The number of benzene rings is 1. The van der Waals surface area contributed by atoms with Crippen LogP contribution in [0, 0.1) is 0 Å². The number of carbonyl (C=O) groups excluding carboxylic acids is 1. The Hall–Kier alpha value is -1.37. The Balaban J connectivity index is 1.75. The molecule has 1 aromatic rings. The zero-order valence-electron chi connectivity index (χ0n) is 11.5. The molecule has 1 saturated heterocycles. The molecule has 2 rings (SSSR count). The minimum absolute atomic E-state index is 0.0936. The minimum Gasteiger partial charge on any atom is -0.379 e. The molecule has 1 N–H and O–H groups in total. The molecule has 0 radical (unpaired) electrons. The molecule has 0 unspecified atom stereocenters. The second-order valence-corrected chi connectivity index (χ2v) is 5.33. The molecule has 0 spiro atoms. The maximum absolute atomic E-state index is 11.7. The number of thioether (sulfide) groups is 1. The summed E-state index contributed by atoms with van der Waals surface area (Å²) < 4.78 is 5.23. The van der Waals surface area contributed by atoms with E-state index in [1.807, 2.05) is 30.5 Å². The van der Waals surface area contributed by atoms with Crippen molar-refractivity contribution < 1.29 is 9.53 Å². The SMILES string of the molecule is CSc1ccc(/C=N\NC(=O)CN2CCOCC2)cc1. The number of ether oxygens (including phenoxy) is 1. The number of rotatable bonds is 5. The summed E-state index contributed by atoms with van der Waals surface area (Å²) >= 11 is 1.70. The maximum atomic E-state index is 11.7. The largest absolute Gasteiger partial charge is 0.379 e. The third-order valence-electron chi connectivity index (χ3n) is 2.99. The van der Waals surface area contributed by atoms with Gasteiger partial charge in [-0.1, -0.05) is 12.1 Å². The van der Waals surface area contributed by atoms with Gasteiger partial charge in [0.1, 0.15) is 0 Å². The second kappa shape index (κ2) is 8.04. The predicted molar refractivity (Wildman–Crippen MR) is 81.2 cm³/mol. The molecule has 1 heterocycles. The van der Waals surface area contributed by atoms with Crippen LogP contribution in [0.4, 0.5) is 0 Å². The standard InChI is InChI=1S/C14H19N3O2S/c1-20-13-4-2-12(3-5-13)10-15-16-14(18)11-17-6-8-19-9-7-17/h2-5,10H,6-9,11H2,1H3,(H,16,18)/b15-10-. The highest BCUT2D eigenvalue weighted by Gasteiger charge is 2.13. The summed E-state index contributed by atoms with van der Waals surface area (Å²) in [5, 5.41) is 3.97. The van der Waals surface area contributed by atoms with E-state index in [2.05, 4.69) is 15.4 Å². The topological polar surface area (TPSA) is 53.9 Å². The monoisotopic (exact) mass is 293 g/mol. The molecule has 0 aromatic heterocycles. The van der Waals surface area contributed by atoms with Crippen LogP contribution in [-0.4, -0.2) is 56.1 Å². The first-order valence-corrected chi connectivity index (χ1v) is 7.76. The predicted octanol–water partition coefficient (Wildman–Crippen LogP) is 1.19. The fraction of sp³-hybridized carbons (Fsp3) is 0.429. The number of hydrogen-bond acceptors (Lipinski definition) is 5. The third-order valence-corrected chi connectivity index (χ3v) is 3.73. The summed E-state index contributed by atoms with van der Waals surface area (Å²) in [5.41, 5.74) is 3.52. The number of carbonyl (C=O) groups is 1. The van der Waals surface area contributed by atoms with Gasteiger partial charge in [-0.2, -0.15) is 5.10 Å². The van der Waals surface area contributed by atoms with Crippen molar-refractivity contribution in [2.75, 3.05) is 39.1 Å². The number of hydrogen-bond donors (Lipinski definition) is 1. The molecule has 0 atom stereocenters. The molecule has 6 heteroatoms. The molecule has 1 amide bonds. The molecule has 1 aliphatic heterocycles. The van der Waals surface area contributed by atoms with Crippen LogP contribution in [0.3, 0.4) is 0 Å². The van der Waals surface area contributed by atoms with E-state index in [9.17, 15) is 4.79 Å². The van der Waals surface area contributed by atoms with E-state index in [-0.39, 0.29) is 5.91 Å². The second-order valence-electron chi connectivity index (χ2n) is 4.45. The normalized spacial score (nSPS) is 16.4. The molecule has 0 aliphatic carbocycles. The van der Waals surface area contributed by atoms with Crippen LogP contribution in [0.1, 0.15) is 5.56 Å². The van der Waals surface area contributed by atoms with Crippen molar-refractivity contribution in [1.82, 2.24) is 10.3 Å². The fourth-order valence-corrected chi connectivity index (χ4v) is 2.27. The summed E-state index contributed by atoms with van der Waals surface area (Å²) in [5.74, 6) is -0.0936. The smallest absolute Gasteiger partial charge is 0.254 e. The van der Waals surface area contributed by atoms with Gasteiger partial charge in [-0.15, -0.1) is 11.8 Å². The van der Waals surface area contributed by atoms with Crippen LogP contribution in [-0.2, 0) is 9.53 Å². The Labute approximate surface area is 123 Å². The van der Waals surface area contributed by atoms with E-state index in [0.717, 1.165) is 18.7 Å². The van der Waals surface area contributed by atoms with Gasteiger partial charge >= 0.3 is 0 Å². The zero-order chi connectivity index (χ0) is 14.2. The molecular weight excluding hydrogens is 274 g/mol. The highest BCUT2D eigenvalue weighted by Crippen LogP contribution is 2.13. The Morgan fingerprint density at radius 3 is 2.75 bits per heavy atom. The average Bonchev–Trinajstić information content (AvgIpc) is 2.49. The Bertz CT molecular complexity index is 456. The van der Waals surface area contributed by atoms with Crippen LogP contribution in [0.2, 0.25) is 0 Å². The van der Waals surface area contributed by atoms with Gasteiger partial charge in [0.15, 0.2) is 0 Å². The van der Waals surface area contributed by atoms with E-state index in [1.165, 1.54) is 4.90 Å². The third kappa shape index (κ3) is 4.96. The quantitative estimate of drug-likeness (QED) is 0.503. The molecular formula is C14H19N3O2S. The van der Waals surface area contributed by atoms with Gasteiger partial charge < -0.3 is 4.74 Å². The van der Waals surface area contributed by atoms with Crippen molar-refractivity contribution in [1.29, 1.82) is 0 Å². The van der Waals surface area contributed by atoms with Gasteiger partial charge in [-0.05, 0) is 24.0 Å². The van der Waals surface area contributed by atoms with Crippen LogP contribution in [0.15, 0.2) is 34.3 Å². The Kier molecular flexibility index (Phi) is 6.04. The first-order chi connectivity index (χ1) is 9.78. The summed E-state index contributed by atoms with van der Waals surface area (Å²) in [7, 11) is 0. The number of amides is 1. The first kappa shape index (κ1) is 15.0. The number of hydrazone groups is 1. The molecule has 1 fully saturated rings. The first-order valence-electron chi connectivity index (χ1n) is 6.54. The number of nitrogens with one attached hydrogen (secondary N) is 1. The fourth-order valence-electron chi connectivity index (χ4n) is 1.87. The van der Waals surface area contributed by atoms with Gasteiger partial charge in [0.2, 0.25) is 0 Å². The Morgan fingerprint density at radius 1 is 1.40 bits per heavy atom. The molecule has 5 nitrogen and oxygen atoms in total. The van der Waals surface area contributed by atoms with Crippen LogP contribution in [0.5, 0.6) is 0 Å². The molecule has 1 aromatic carbocycles. The number of nitrogens with zero attached hydrogens (tertiary/aromatic N) is 2. The van der Waals surface area contributed by atoms with Gasteiger partial charge in [-0.3, -0.25) is 9.69 Å². The zero-order valence-corrected chi connectivity index (χ0v) is 12.4. The molecule has 1 aliphatic rings. The van der Waals surface area contributed by atoms with Crippen molar-refractivity contribution in [2.45, 2.75) is 4.90 Å². The van der Waals surface area contributed by atoms with Crippen LogP contribution in [0.25, 0.3) is 0 Å². The van der Waals surface area contributed by atoms with Gasteiger partial charge in [0.25, 0.3) is 5.91 Å². The van der Waals surface area contributed by atoms with Crippen molar-refractivity contribution in [3.05, 3.63) is 29.8 Å². The van der Waals surface area contributed by atoms with Gasteiger partial charge in [0, 0.05) is 18.0 Å². The van der Waals surface area contributed by atoms with Gasteiger partial charge in [0.05, 0.1) is 26.0 Å². The highest BCUT2D eigenvalue weighted by molar-refractivity contribution is 7.98. The lowest BCUT2D eigenvalue weighted by atomic mass is 10.2. The molecule has 20 heavy (non-hydrogen) atoms. The summed E-state index contributed by atoms with van der Waals surface area (Å²) in [6, 6.07) is 8.01. The Morgan fingerprint density at radius 2 is 2.10 bits per heavy atom. The van der Waals surface area contributed by atoms with Gasteiger partial charge in [-0.25, -0.2) is 5.43 Å². The number of morpholine rings is 1. The van der Waals surface area contributed by atoms with Crippen molar-refractivity contribution in [3.8, 4) is 0 Å². The lowest BCUT2D eigenvalue weighted by Crippen LogP contribution is -2.42. The van der Waals surface area contributed by atoms with E-state index in [1.54, 1.807) is 18.0 Å². The molecule has 0 saturated carbocycles. The van der Waals surface area contributed by atoms with E-state index < -0.39 is 0 Å². The van der Waals surface area contributed by atoms with E-state index in [4.69, 9.17) is 4.74 Å². The minimum atomic E-state index is -0.0936. The summed E-state index contributed by atoms with van der Waals surface area (Å²) in [6.45, 7) is 3.35. The van der Waals surface area contributed by atoms with E-state index >= 15 is 0 Å². The summed E-state index contributed by atoms with van der Waals surface area (Å²) in [4.78, 5) is 15.0. The molecule has 0 bridgehead atoms. The van der Waals surface area contributed by atoms with Crippen molar-refractivity contribution in [3.63, 3.8) is 0 Å². The molecule has 108 valence electrons.